The molecule has 0 radical (unpaired) electrons. The maximum atomic E-state index is 13.3. The van der Waals surface area contributed by atoms with Gasteiger partial charge in [0.05, 0.1) is 11.2 Å². The number of hydrogen-bond acceptors (Lipinski definition) is 5. The Morgan fingerprint density at radius 1 is 1.50 bits per heavy atom. The van der Waals surface area contributed by atoms with Crippen LogP contribution in [0.2, 0.25) is 5.02 Å². The van der Waals surface area contributed by atoms with Crippen LogP contribution in [0, 0.1) is 5.82 Å². The van der Waals surface area contributed by atoms with Gasteiger partial charge < -0.3 is 15.5 Å². The molecule has 7 nitrogen and oxygen atoms in total. The molecule has 0 spiro atoms. The van der Waals surface area contributed by atoms with Gasteiger partial charge in [0.15, 0.2) is 5.69 Å². The number of oxazole rings is 1. The summed E-state index contributed by atoms with van der Waals surface area (Å²) < 4.78 is 20.1. The Bertz CT molecular complexity index is 904. The first kappa shape index (κ1) is 18.1. The highest BCUT2D eigenvalue weighted by atomic mass is 35.5. The van der Waals surface area contributed by atoms with Gasteiger partial charge in [0.2, 0.25) is 5.89 Å². The summed E-state index contributed by atoms with van der Waals surface area (Å²) in [4.78, 5) is 16.6. The highest BCUT2D eigenvalue weighted by Gasteiger charge is 2.20. The van der Waals surface area contributed by atoms with Crippen molar-refractivity contribution in [3.05, 3.63) is 58.8 Å². The van der Waals surface area contributed by atoms with Gasteiger partial charge in [-0.3, -0.25) is 9.48 Å². The molecule has 0 saturated carbocycles. The van der Waals surface area contributed by atoms with Crippen molar-refractivity contribution in [2.45, 2.75) is 12.5 Å². The molecule has 3 rings (SSSR count). The van der Waals surface area contributed by atoms with Gasteiger partial charge in [-0.05, 0) is 24.1 Å². The summed E-state index contributed by atoms with van der Waals surface area (Å²) in [5, 5.41) is 7.14. The molecule has 0 fully saturated rings. The summed E-state index contributed by atoms with van der Waals surface area (Å²) in [5.41, 5.74) is 7.03. The lowest BCUT2D eigenvalue weighted by Crippen LogP contribution is -2.41. The van der Waals surface area contributed by atoms with E-state index in [1.165, 1.54) is 29.3 Å². The van der Waals surface area contributed by atoms with Crippen LogP contribution < -0.4 is 11.1 Å². The first-order valence-electron chi connectivity index (χ1n) is 7.86. The molecule has 0 bridgehead atoms. The number of nitrogens with one attached hydrogen (secondary N) is 1. The largest absolute Gasteiger partial charge is 0.442 e. The summed E-state index contributed by atoms with van der Waals surface area (Å²) in [6, 6.07) is 5.79. The molecule has 2 heterocycles. The Labute approximate surface area is 154 Å². The van der Waals surface area contributed by atoms with Crippen LogP contribution in [0.5, 0.6) is 0 Å². The number of amides is 1. The number of aromatic nitrogens is 3. The van der Waals surface area contributed by atoms with E-state index in [-0.39, 0.29) is 30.0 Å². The molecule has 1 aromatic carbocycles. The standard InChI is InChI=1S/C17H17ClFN5O2/c1-24-15(13(18)8-21-24)17-23-14(9-26-17)16(25)22-12(7-20)6-10-3-2-4-11(19)5-10/h2-5,8-9,12H,6-7,20H2,1H3,(H,22,25)/t12-/m0/s1. The van der Waals surface area contributed by atoms with E-state index < -0.39 is 5.91 Å². The van der Waals surface area contributed by atoms with Crippen LogP contribution in [0.25, 0.3) is 11.6 Å². The predicted octanol–water partition coefficient (Wildman–Crippen LogP) is 2.17. The fraction of sp³-hybridized carbons (Fsp3) is 0.235. The van der Waals surface area contributed by atoms with Gasteiger partial charge in [-0.15, -0.1) is 0 Å². The Kier molecular flexibility index (Phi) is 5.34. The minimum atomic E-state index is -0.440. The number of rotatable bonds is 6. The second-order valence-electron chi connectivity index (χ2n) is 5.74. The summed E-state index contributed by atoms with van der Waals surface area (Å²) in [5.74, 6) is -0.585. The maximum Gasteiger partial charge on any atom is 0.273 e. The van der Waals surface area contributed by atoms with Crippen LogP contribution in [0.4, 0.5) is 4.39 Å². The average Bonchev–Trinajstić information content (AvgIpc) is 3.21. The number of carbonyl (C=O) groups excluding carboxylic acids is 1. The third-order valence-corrected chi connectivity index (χ3v) is 4.10. The lowest BCUT2D eigenvalue weighted by Gasteiger charge is -2.16. The van der Waals surface area contributed by atoms with Gasteiger partial charge in [0.1, 0.15) is 17.8 Å². The number of nitrogens with two attached hydrogens (primary N) is 1. The molecular weight excluding hydrogens is 361 g/mol. The zero-order valence-corrected chi connectivity index (χ0v) is 14.7. The maximum absolute atomic E-state index is 13.3. The van der Waals surface area contributed by atoms with E-state index in [0.717, 1.165) is 5.56 Å². The van der Waals surface area contributed by atoms with Crippen molar-refractivity contribution in [2.75, 3.05) is 6.54 Å². The minimum Gasteiger partial charge on any atom is -0.442 e. The molecule has 3 aromatic rings. The Morgan fingerprint density at radius 3 is 2.96 bits per heavy atom. The Balaban J connectivity index is 1.71. The van der Waals surface area contributed by atoms with E-state index in [4.69, 9.17) is 21.8 Å². The molecule has 0 aliphatic heterocycles. The highest BCUT2D eigenvalue weighted by Crippen LogP contribution is 2.26. The molecule has 0 aliphatic rings. The van der Waals surface area contributed by atoms with Crippen LogP contribution >= 0.6 is 11.6 Å². The summed E-state index contributed by atoms with van der Waals surface area (Å²) in [6.45, 7) is 0.195. The van der Waals surface area contributed by atoms with E-state index in [1.807, 2.05) is 0 Å². The summed E-state index contributed by atoms with van der Waals surface area (Å²) >= 11 is 6.05. The monoisotopic (exact) mass is 377 g/mol. The molecule has 3 N–H and O–H groups in total. The van der Waals surface area contributed by atoms with Crippen molar-refractivity contribution in [1.82, 2.24) is 20.1 Å². The molecule has 2 aromatic heterocycles. The van der Waals surface area contributed by atoms with Crippen molar-refractivity contribution >= 4 is 17.5 Å². The smallest absolute Gasteiger partial charge is 0.273 e. The lowest BCUT2D eigenvalue weighted by molar-refractivity contribution is 0.0933. The van der Waals surface area contributed by atoms with Crippen LogP contribution in [0.15, 0.2) is 41.1 Å². The predicted molar refractivity (Wildman–Crippen MR) is 94.1 cm³/mol. The molecule has 9 heteroatoms. The summed E-state index contributed by atoms with van der Waals surface area (Å²) in [6.07, 6.45) is 3.10. The molecule has 1 atom stereocenters. The number of benzene rings is 1. The fourth-order valence-corrected chi connectivity index (χ4v) is 2.79. The Hall–Kier alpha value is -2.71. The van der Waals surface area contributed by atoms with E-state index >= 15 is 0 Å². The zero-order valence-electron chi connectivity index (χ0n) is 13.9. The molecular formula is C17H17ClFN5O2. The van der Waals surface area contributed by atoms with Gasteiger partial charge in [-0.1, -0.05) is 23.7 Å². The topological polar surface area (TPSA) is 99.0 Å². The zero-order chi connectivity index (χ0) is 18.7. The van der Waals surface area contributed by atoms with Crippen LogP contribution in [-0.4, -0.2) is 33.3 Å². The number of nitrogens with zero attached hydrogens (tertiary/aromatic N) is 3. The molecule has 1 amide bonds. The number of halogens is 2. The van der Waals surface area contributed by atoms with E-state index in [2.05, 4.69) is 15.4 Å². The highest BCUT2D eigenvalue weighted by molar-refractivity contribution is 6.32. The fourth-order valence-electron chi connectivity index (χ4n) is 2.54. The minimum absolute atomic E-state index is 0.0926. The van der Waals surface area contributed by atoms with Crippen LogP contribution in [-0.2, 0) is 13.5 Å². The van der Waals surface area contributed by atoms with Gasteiger partial charge >= 0.3 is 0 Å². The first-order chi connectivity index (χ1) is 12.5. The van der Waals surface area contributed by atoms with Crippen molar-refractivity contribution in [2.24, 2.45) is 12.8 Å². The van der Waals surface area contributed by atoms with Crippen LogP contribution in [0.3, 0.4) is 0 Å². The van der Waals surface area contributed by atoms with Gasteiger partial charge in [0.25, 0.3) is 5.91 Å². The van der Waals surface area contributed by atoms with Crippen molar-refractivity contribution in [1.29, 1.82) is 0 Å². The number of hydrogen-bond donors (Lipinski definition) is 2. The van der Waals surface area contributed by atoms with Crippen molar-refractivity contribution in [3.63, 3.8) is 0 Å². The lowest BCUT2D eigenvalue weighted by atomic mass is 10.1. The SMILES string of the molecule is Cn1ncc(Cl)c1-c1nc(C(=O)N[C@H](CN)Cc2cccc(F)c2)co1. The van der Waals surface area contributed by atoms with Gasteiger partial charge in [-0.2, -0.15) is 5.10 Å². The van der Waals surface area contributed by atoms with Crippen LogP contribution in [0.1, 0.15) is 16.1 Å². The van der Waals surface area contributed by atoms with E-state index in [0.29, 0.717) is 17.1 Å². The normalized spacial score (nSPS) is 12.2. The van der Waals surface area contributed by atoms with Gasteiger partial charge in [0, 0.05) is 19.6 Å². The van der Waals surface area contributed by atoms with E-state index in [1.54, 1.807) is 19.2 Å². The number of aryl methyl sites for hydroxylation is 1. The first-order valence-corrected chi connectivity index (χ1v) is 8.24. The number of carbonyl (C=O) groups is 1. The molecule has 26 heavy (non-hydrogen) atoms. The third kappa shape index (κ3) is 3.92. The average molecular weight is 378 g/mol. The molecule has 0 unspecified atom stereocenters. The van der Waals surface area contributed by atoms with E-state index in [9.17, 15) is 9.18 Å². The van der Waals surface area contributed by atoms with Crippen molar-refractivity contribution in [3.8, 4) is 11.6 Å². The third-order valence-electron chi connectivity index (χ3n) is 3.82. The second kappa shape index (κ2) is 7.67. The van der Waals surface area contributed by atoms with Gasteiger partial charge in [-0.25, -0.2) is 9.37 Å². The Morgan fingerprint density at radius 2 is 2.31 bits per heavy atom. The molecule has 0 aliphatic carbocycles. The van der Waals surface area contributed by atoms with Crippen molar-refractivity contribution < 1.29 is 13.6 Å². The second-order valence-corrected chi connectivity index (χ2v) is 6.15. The molecule has 136 valence electrons. The quantitative estimate of drug-likeness (QED) is 0.685. The summed E-state index contributed by atoms with van der Waals surface area (Å²) in [7, 11) is 1.69. The molecule has 0 saturated heterocycles.